The molecule has 0 N–H and O–H groups in total. The van der Waals surface area contributed by atoms with Crippen molar-refractivity contribution in [2.24, 2.45) is 0 Å². The molecular weight excluding hydrogens is 244 g/mol. The van der Waals surface area contributed by atoms with Crippen LogP contribution in [0.5, 0.6) is 0 Å². The first-order valence-corrected chi connectivity index (χ1v) is 5.80. The van der Waals surface area contributed by atoms with Gasteiger partial charge in [0.1, 0.15) is 0 Å². The normalized spacial score (nSPS) is 10.9. The average Bonchev–Trinajstić information content (AvgIpc) is 2.87. The van der Waals surface area contributed by atoms with Crippen molar-refractivity contribution in [3.05, 3.63) is 48.8 Å². The molecule has 0 fully saturated rings. The van der Waals surface area contributed by atoms with Gasteiger partial charge < -0.3 is 0 Å². The molecule has 0 saturated heterocycles. The predicted molar refractivity (Wildman–Crippen MR) is 60.2 cm³/mol. The van der Waals surface area contributed by atoms with Gasteiger partial charge in [-0.15, -0.1) is 0 Å². The number of fused-ring (bicyclic) bond motifs is 1. The molecule has 0 atom stereocenters. The summed E-state index contributed by atoms with van der Waals surface area (Å²) in [5.41, 5.74) is 1.25. The third-order valence-corrected chi connectivity index (χ3v) is 3.61. The number of aromatic nitrogens is 3. The van der Waals surface area contributed by atoms with Gasteiger partial charge in [0, 0.05) is 0 Å². The molecule has 0 aliphatic rings. The zero-order chi connectivity index (χ0) is 10.3. The molecule has 0 amide bonds. The van der Waals surface area contributed by atoms with Crippen molar-refractivity contribution >= 4 is 29.7 Å². The summed E-state index contributed by atoms with van der Waals surface area (Å²) < 4.78 is 4.09. The van der Waals surface area contributed by atoms with Crippen LogP contribution in [0.25, 0.3) is 16.7 Å². The van der Waals surface area contributed by atoms with Crippen LogP contribution in [0.2, 0.25) is 0 Å². The van der Waals surface area contributed by atoms with Gasteiger partial charge >= 0.3 is 97.4 Å². The van der Waals surface area contributed by atoms with Crippen LogP contribution in [0.1, 0.15) is 0 Å². The van der Waals surface area contributed by atoms with Crippen LogP contribution >= 0.6 is 0 Å². The molecule has 0 bridgehead atoms. The quantitative estimate of drug-likeness (QED) is 0.605. The van der Waals surface area contributed by atoms with Crippen LogP contribution in [0.15, 0.2) is 48.8 Å². The summed E-state index contributed by atoms with van der Waals surface area (Å²) in [7, 11) is 0. The first kappa shape index (κ1) is 8.88. The van der Waals surface area contributed by atoms with Crippen LogP contribution in [-0.4, -0.2) is 31.9 Å². The Labute approximate surface area is 97.5 Å². The van der Waals surface area contributed by atoms with Crippen molar-refractivity contribution < 1.29 is 0 Å². The summed E-state index contributed by atoms with van der Waals surface area (Å²) in [5.74, 6) is 1.11. The van der Waals surface area contributed by atoms with Gasteiger partial charge in [-0.3, -0.25) is 0 Å². The van der Waals surface area contributed by atoms with Crippen molar-refractivity contribution in [3.8, 4) is 5.82 Å². The molecule has 0 saturated carbocycles. The third-order valence-electron chi connectivity index (χ3n) is 2.47. The maximum absolute atomic E-state index is 4.25. The SMILES string of the molecule is [Ga][n]1c(-n2cccn2)cc2ccccc21. The van der Waals surface area contributed by atoms with E-state index in [9.17, 15) is 0 Å². The van der Waals surface area contributed by atoms with E-state index in [0.717, 1.165) is 5.82 Å². The Bertz CT molecular complexity index is 595. The fourth-order valence-electron chi connectivity index (χ4n) is 1.74. The molecule has 2 heterocycles. The van der Waals surface area contributed by atoms with Gasteiger partial charge in [0.2, 0.25) is 0 Å². The molecule has 15 heavy (non-hydrogen) atoms. The van der Waals surface area contributed by atoms with Gasteiger partial charge in [0.15, 0.2) is 0 Å². The van der Waals surface area contributed by atoms with E-state index in [1.807, 2.05) is 16.9 Å². The Balaban J connectivity index is 2.33. The number of rotatable bonds is 1. The standard InChI is InChI=1S/C11H8N3.Ga/c1-2-5-10-9(4-1)8-11(13-10)14-7-3-6-12-14;/h1-8H;/q-1;+1. The molecule has 3 rings (SSSR count). The molecule has 0 aliphatic heterocycles. The minimum absolute atomic E-state index is 1.11. The van der Waals surface area contributed by atoms with Gasteiger partial charge in [-0.2, -0.15) is 0 Å². The number of hydrogen-bond acceptors (Lipinski definition) is 1. The fraction of sp³-hybridized carbons (Fsp3) is 0. The Morgan fingerprint density at radius 1 is 1.13 bits per heavy atom. The Morgan fingerprint density at radius 2 is 2.00 bits per heavy atom. The molecule has 70 valence electrons. The topological polar surface area (TPSA) is 22.8 Å². The van der Waals surface area contributed by atoms with Gasteiger partial charge in [-0.25, -0.2) is 0 Å². The zero-order valence-electron chi connectivity index (χ0n) is 8.04. The molecule has 0 unspecified atom stereocenters. The van der Waals surface area contributed by atoms with Crippen LogP contribution in [-0.2, 0) is 0 Å². The molecular formula is C11H8GaN3. The molecule has 2 aromatic heterocycles. The molecule has 2 radical (unpaired) electrons. The molecule has 3 nitrogen and oxygen atoms in total. The third kappa shape index (κ3) is 1.33. The number of hydrogen-bond donors (Lipinski definition) is 0. The van der Waals surface area contributed by atoms with E-state index < -0.39 is 0 Å². The summed E-state index contributed by atoms with van der Waals surface area (Å²) >= 11 is 1.56. The van der Waals surface area contributed by atoms with Crippen LogP contribution in [0.3, 0.4) is 0 Å². The number of benzene rings is 1. The summed E-state index contributed by atoms with van der Waals surface area (Å²) in [5, 5.41) is 5.51. The summed E-state index contributed by atoms with van der Waals surface area (Å²) in [4.78, 5) is 0. The van der Waals surface area contributed by atoms with Crippen molar-refractivity contribution in [2.75, 3.05) is 0 Å². The zero-order valence-corrected chi connectivity index (χ0v) is 10.5. The second kappa shape index (κ2) is 3.32. The van der Waals surface area contributed by atoms with Crippen molar-refractivity contribution in [1.29, 1.82) is 0 Å². The van der Waals surface area contributed by atoms with E-state index in [-0.39, 0.29) is 0 Å². The van der Waals surface area contributed by atoms with Crippen molar-refractivity contribution in [2.45, 2.75) is 0 Å². The molecule has 4 heteroatoms. The Hall–Kier alpha value is -1.39. The predicted octanol–water partition coefficient (Wildman–Crippen LogP) is 1.76. The van der Waals surface area contributed by atoms with Crippen molar-refractivity contribution in [3.63, 3.8) is 0 Å². The Kier molecular flexibility index (Phi) is 1.97. The molecule has 1 aromatic carbocycles. The average molecular weight is 252 g/mol. The van der Waals surface area contributed by atoms with E-state index >= 15 is 0 Å². The second-order valence-corrected chi connectivity index (χ2v) is 4.47. The van der Waals surface area contributed by atoms with Gasteiger partial charge in [0.05, 0.1) is 0 Å². The maximum atomic E-state index is 4.25. The van der Waals surface area contributed by atoms with E-state index in [0.29, 0.717) is 0 Å². The van der Waals surface area contributed by atoms with E-state index in [4.69, 9.17) is 0 Å². The second-order valence-electron chi connectivity index (χ2n) is 3.38. The first-order chi connectivity index (χ1) is 7.36. The summed E-state index contributed by atoms with van der Waals surface area (Å²) in [6.07, 6.45) is 3.76. The monoisotopic (exact) mass is 251 g/mol. The van der Waals surface area contributed by atoms with Gasteiger partial charge in [0.25, 0.3) is 0 Å². The fourth-order valence-corrected chi connectivity index (χ4v) is 2.64. The Morgan fingerprint density at radius 3 is 2.73 bits per heavy atom. The summed E-state index contributed by atoms with van der Waals surface area (Å²) in [6, 6.07) is 12.5. The van der Waals surface area contributed by atoms with E-state index in [2.05, 4.69) is 38.7 Å². The van der Waals surface area contributed by atoms with E-state index in [1.54, 1.807) is 25.0 Å². The first-order valence-electron chi connectivity index (χ1n) is 4.72. The van der Waals surface area contributed by atoms with Crippen molar-refractivity contribution in [1.82, 2.24) is 13.1 Å². The molecule has 0 aliphatic carbocycles. The van der Waals surface area contributed by atoms with Gasteiger partial charge in [-0.1, -0.05) is 0 Å². The van der Waals surface area contributed by atoms with Crippen LogP contribution in [0, 0.1) is 0 Å². The van der Waals surface area contributed by atoms with Crippen LogP contribution < -0.4 is 0 Å². The minimum atomic E-state index is 1.11. The van der Waals surface area contributed by atoms with Crippen LogP contribution in [0.4, 0.5) is 0 Å². The molecule has 0 spiro atoms. The van der Waals surface area contributed by atoms with E-state index in [1.165, 1.54) is 10.9 Å². The summed E-state index contributed by atoms with van der Waals surface area (Å²) in [6.45, 7) is 0. The van der Waals surface area contributed by atoms with Gasteiger partial charge in [-0.05, 0) is 0 Å². The number of para-hydroxylation sites is 1. The molecule has 3 aromatic rings. The number of nitrogens with zero attached hydrogens (tertiary/aromatic N) is 3.